The lowest BCUT2D eigenvalue weighted by Gasteiger charge is -2.27. The summed E-state index contributed by atoms with van der Waals surface area (Å²) in [5.41, 5.74) is 1.12. The number of ether oxygens (including phenoxy) is 1. The topological polar surface area (TPSA) is 37.4 Å². The number of hydrogen-bond donors (Lipinski definition) is 1. The molecule has 1 N–H and O–H groups in total. The molecule has 0 radical (unpaired) electrons. The summed E-state index contributed by atoms with van der Waals surface area (Å²) in [5, 5.41) is 6.65. The molecule has 0 aliphatic carbocycles. The molecule has 0 spiro atoms. The third kappa shape index (κ3) is 5.47. The molecule has 1 aromatic heterocycles. The highest BCUT2D eigenvalue weighted by atomic mass is 32.1. The van der Waals surface area contributed by atoms with Crippen molar-refractivity contribution in [1.29, 1.82) is 0 Å². The van der Waals surface area contributed by atoms with Gasteiger partial charge in [-0.15, -0.1) is 11.3 Å². The van der Waals surface area contributed by atoms with Crippen LogP contribution in [0.4, 0.5) is 5.13 Å². The smallest absolute Gasteiger partial charge is 0.185 e. The van der Waals surface area contributed by atoms with Crippen LogP contribution in [-0.2, 0) is 11.3 Å². The number of rotatable bonds is 9. The molecular formula is C14H27N3OS. The Kier molecular flexibility index (Phi) is 7.34. The summed E-state index contributed by atoms with van der Waals surface area (Å²) in [4.78, 5) is 7.07. The fourth-order valence-corrected chi connectivity index (χ4v) is 2.69. The fourth-order valence-electron chi connectivity index (χ4n) is 1.73. The molecule has 110 valence electrons. The van der Waals surface area contributed by atoms with Crippen molar-refractivity contribution in [2.45, 2.75) is 52.7 Å². The van der Waals surface area contributed by atoms with Gasteiger partial charge in [-0.2, -0.15) is 0 Å². The Hall–Kier alpha value is -0.650. The number of thiazole rings is 1. The molecule has 1 rings (SSSR count). The van der Waals surface area contributed by atoms with Crippen LogP contribution in [0.3, 0.4) is 0 Å². The molecule has 5 heteroatoms. The first-order chi connectivity index (χ1) is 9.08. The van der Waals surface area contributed by atoms with Gasteiger partial charge in [-0.25, -0.2) is 4.98 Å². The molecule has 0 amide bonds. The van der Waals surface area contributed by atoms with E-state index in [1.165, 1.54) is 0 Å². The molecule has 0 bridgehead atoms. The van der Waals surface area contributed by atoms with Crippen molar-refractivity contribution >= 4 is 16.5 Å². The van der Waals surface area contributed by atoms with Crippen LogP contribution in [0, 0.1) is 0 Å². The molecule has 0 aliphatic heterocycles. The van der Waals surface area contributed by atoms with E-state index in [0.29, 0.717) is 12.1 Å². The fraction of sp³-hybridized carbons (Fsp3) is 0.786. The number of anilines is 1. The van der Waals surface area contributed by atoms with E-state index in [2.05, 4.69) is 43.3 Å². The normalized spacial score (nSPS) is 12.9. The van der Waals surface area contributed by atoms with Gasteiger partial charge in [0.2, 0.25) is 0 Å². The van der Waals surface area contributed by atoms with Crippen molar-refractivity contribution in [2.75, 3.05) is 25.2 Å². The SMILES string of the molecule is CCC(C)N(CCOC)c1nc(CNC(C)C)cs1. The Balaban J connectivity index is 2.67. The third-order valence-corrected chi connectivity index (χ3v) is 4.06. The minimum atomic E-state index is 0.490. The Labute approximate surface area is 121 Å². The zero-order chi connectivity index (χ0) is 14.3. The van der Waals surface area contributed by atoms with Crippen molar-refractivity contribution in [3.05, 3.63) is 11.1 Å². The van der Waals surface area contributed by atoms with Crippen molar-refractivity contribution in [1.82, 2.24) is 10.3 Å². The lowest BCUT2D eigenvalue weighted by Crippen LogP contribution is -2.35. The first-order valence-corrected chi connectivity index (χ1v) is 7.89. The van der Waals surface area contributed by atoms with Gasteiger partial charge in [-0.05, 0) is 13.3 Å². The molecule has 0 saturated carbocycles. The van der Waals surface area contributed by atoms with E-state index in [1.807, 2.05) is 0 Å². The average molecular weight is 285 g/mol. The van der Waals surface area contributed by atoms with Crippen LogP contribution < -0.4 is 10.2 Å². The van der Waals surface area contributed by atoms with E-state index in [0.717, 1.165) is 36.9 Å². The van der Waals surface area contributed by atoms with E-state index in [-0.39, 0.29) is 0 Å². The van der Waals surface area contributed by atoms with Gasteiger partial charge in [0.15, 0.2) is 5.13 Å². The van der Waals surface area contributed by atoms with Crippen LogP contribution >= 0.6 is 11.3 Å². The van der Waals surface area contributed by atoms with E-state index in [9.17, 15) is 0 Å². The van der Waals surface area contributed by atoms with Crippen LogP contribution in [0.1, 0.15) is 39.8 Å². The predicted molar refractivity (Wildman–Crippen MR) is 83.1 cm³/mol. The monoisotopic (exact) mass is 285 g/mol. The quantitative estimate of drug-likeness (QED) is 0.757. The maximum Gasteiger partial charge on any atom is 0.185 e. The van der Waals surface area contributed by atoms with Gasteiger partial charge in [0.05, 0.1) is 12.3 Å². The van der Waals surface area contributed by atoms with Gasteiger partial charge < -0.3 is 15.0 Å². The average Bonchev–Trinajstić information content (AvgIpc) is 2.85. The van der Waals surface area contributed by atoms with E-state index >= 15 is 0 Å². The Morgan fingerprint density at radius 3 is 2.74 bits per heavy atom. The minimum absolute atomic E-state index is 0.490. The molecule has 1 unspecified atom stereocenters. The van der Waals surface area contributed by atoms with Gasteiger partial charge in [-0.3, -0.25) is 0 Å². The molecule has 0 aromatic carbocycles. The highest BCUT2D eigenvalue weighted by molar-refractivity contribution is 7.13. The second kappa shape index (κ2) is 8.51. The molecule has 19 heavy (non-hydrogen) atoms. The van der Waals surface area contributed by atoms with Gasteiger partial charge in [-0.1, -0.05) is 20.8 Å². The van der Waals surface area contributed by atoms with Crippen LogP contribution in [0.25, 0.3) is 0 Å². The second-order valence-corrected chi connectivity index (χ2v) is 5.94. The van der Waals surface area contributed by atoms with Gasteiger partial charge in [0, 0.05) is 37.7 Å². The van der Waals surface area contributed by atoms with Crippen LogP contribution in [0.5, 0.6) is 0 Å². The maximum absolute atomic E-state index is 5.20. The zero-order valence-corrected chi connectivity index (χ0v) is 13.6. The summed E-state index contributed by atoms with van der Waals surface area (Å²) in [6.45, 7) is 11.2. The number of aromatic nitrogens is 1. The first-order valence-electron chi connectivity index (χ1n) is 7.01. The number of hydrogen-bond acceptors (Lipinski definition) is 5. The lowest BCUT2D eigenvalue weighted by molar-refractivity contribution is 0.203. The standard InChI is InChI=1S/C14H27N3OS/c1-6-12(4)17(7-8-18-5)14-16-13(10-19-14)9-15-11(2)3/h10-12,15H,6-9H2,1-5H3. The van der Waals surface area contributed by atoms with Crippen LogP contribution in [-0.4, -0.2) is 37.3 Å². The maximum atomic E-state index is 5.20. The molecule has 1 atom stereocenters. The summed E-state index contributed by atoms with van der Waals surface area (Å²) < 4.78 is 5.20. The molecule has 0 saturated heterocycles. The number of methoxy groups -OCH3 is 1. The second-order valence-electron chi connectivity index (χ2n) is 5.10. The molecule has 0 aliphatic rings. The van der Waals surface area contributed by atoms with Crippen molar-refractivity contribution in [3.8, 4) is 0 Å². The lowest BCUT2D eigenvalue weighted by atomic mass is 10.2. The van der Waals surface area contributed by atoms with E-state index in [1.54, 1.807) is 18.4 Å². The summed E-state index contributed by atoms with van der Waals surface area (Å²) in [5.74, 6) is 0. The highest BCUT2D eigenvalue weighted by Gasteiger charge is 2.16. The molecule has 0 fully saturated rings. The summed E-state index contributed by atoms with van der Waals surface area (Å²) in [7, 11) is 1.74. The van der Waals surface area contributed by atoms with Crippen LogP contribution in [0.2, 0.25) is 0 Å². The van der Waals surface area contributed by atoms with Gasteiger partial charge >= 0.3 is 0 Å². The number of nitrogens with zero attached hydrogens (tertiary/aromatic N) is 2. The Morgan fingerprint density at radius 1 is 1.42 bits per heavy atom. The van der Waals surface area contributed by atoms with Gasteiger partial charge in [0.1, 0.15) is 0 Å². The number of nitrogens with one attached hydrogen (secondary N) is 1. The highest BCUT2D eigenvalue weighted by Crippen LogP contribution is 2.23. The molecule has 1 heterocycles. The molecule has 1 aromatic rings. The van der Waals surface area contributed by atoms with Gasteiger partial charge in [0.25, 0.3) is 0 Å². The van der Waals surface area contributed by atoms with Crippen molar-refractivity contribution in [2.24, 2.45) is 0 Å². The van der Waals surface area contributed by atoms with Crippen molar-refractivity contribution < 1.29 is 4.74 Å². The van der Waals surface area contributed by atoms with Crippen molar-refractivity contribution in [3.63, 3.8) is 0 Å². The Morgan fingerprint density at radius 2 is 2.16 bits per heavy atom. The van der Waals surface area contributed by atoms with Crippen LogP contribution in [0.15, 0.2) is 5.38 Å². The first kappa shape index (κ1) is 16.4. The summed E-state index contributed by atoms with van der Waals surface area (Å²) >= 11 is 1.72. The molecule has 4 nitrogen and oxygen atoms in total. The van der Waals surface area contributed by atoms with E-state index < -0.39 is 0 Å². The zero-order valence-electron chi connectivity index (χ0n) is 12.8. The Bertz CT molecular complexity index is 354. The minimum Gasteiger partial charge on any atom is -0.383 e. The van der Waals surface area contributed by atoms with E-state index in [4.69, 9.17) is 9.72 Å². The largest absolute Gasteiger partial charge is 0.383 e. The molecular weight excluding hydrogens is 258 g/mol. The third-order valence-electron chi connectivity index (χ3n) is 3.14. The summed E-state index contributed by atoms with van der Waals surface area (Å²) in [6.07, 6.45) is 1.11. The predicted octanol–water partition coefficient (Wildman–Crippen LogP) is 2.89. The summed E-state index contributed by atoms with van der Waals surface area (Å²) in [6, 6.07) is 0.983.